The minimum absolute atomic E-state index is 0.00457. The lowest BCUT2D eigenvalue weighted by molar-refractivity contribution is 0.0936. The third kappa shape index (κ3) is 3.21. The first-order chi connectivity index (χ1) is 7.15. The van der Waals surface area contributed by atoms with Gasteiger partial charge in [0.1, 0.15) is 5.75 Å². The fourth-order valence-corrected chi connectivity index (χ4v) is 1.20. The van der Waals surface area contributed by atoms with Crippen molar-refractivity contribution in [2.45, 2.75) is 19.4 Å². The van der Waals surface area contributed by atoms with Crippen molar-refractivity contribution in [1.82, 2.24) is 10.3 Å². The van der Waals surface area contributed by atoms with E-state index in [4.69, 9.17) is 5.73 Å². The van der Waals surface area contributed by atoms with Gasteiger partial charge in [-0.25, -0.2) is 0 Å². The Morgan fingerprint density at radius 1 is 1.73 bits per heavy atom. The Hall–Kier alpha value is -1.62. The molecule has 1 heterocycles. The molecule has 1 aromatic heterocycles. The van der Waals surface area contributed by atoms with E-state index in [0.29, 0.717) is 13.0 Å². The van der Waals surface area contributed by atoms with Crippen molar-refractivity contribution in [1.29, 1.82) is 0 Å². The fourth-order valence-electron chi connectivity index (χ4n) is 1.20. The first-order valence-electron chi connectivity index (χ1n) is 4.79. The lowest BCUT2D eigenvalue weighted by Gasteiger charge is -2.12. The number of carbonyl (C=O) groups excluding carboxylic acids is 1. The van der Waals surface area contributed by atoms with Crippen LogP contribution in [-0.4, -0.2) is 28.6 Å². The highest BCUT2D eigenvalue weighted by molar-refractivity contribution is 5.96. The van der Waals surface area contributed by atoms with Crippen LogP contribution in [0.5, 0.6) is 5.75 Å². The summed E-state index contributed by atoms with van der Waals surface area (Å²) in [5.74, 6) is -0.425. The predicted molar refractivity (Wildman–Crippen MR) is 56.5 cm³/mol. The van der Waals surface area contributed by atoms with Crippen LogP contribution in [0.4, 0.5) is 0 Å². The normalized spacial score (nSPS) is 12.1. The van der Waals surface area contributed by atoms with E-state index < -0.39 is 0 Å². The molecule has 1 amide bonds. The Morgan fingerprint density at radius 3 is 3.07 bits per heavy atom. The summed E-state index contributed by atoms with van der Waals surface area (Å²) in [5, 5.41) is 12.1. The summed E-state index contributed by atoms with van der Waals surface area (Å²) in [7, 11) is 0. The predicted octanol–water partition coefficient (Wildman–Crippen LogP) is 0.254. The highest BCUT2D eigenvalue weighted by Gasteiger charge is 2.12. The molecule has 1 atom stereocenters. The van der Waals surface area contributed by atoms with Crippen molar-refractivity contribution in [2.75, 3.05) is 6.54 Å². The van der Waals surface area contributed by atoms with Gasteiger partial charge in [0.15, 0.2) is 0 Å². The summed E-state index contributed by atoms with van der Waals surface area (Å²) in [6, 6.07) is 1.47. The molecule has 1 unspecified atom stereocenters. The number of hydrogen-bond donors (Lipinski definition) is 3. The fraction of sp³-hybridized carbons (Fsp3) is 0.400. The lowest BCUT2D eigenvalue weighted by Crippen LogP contribution is -2.34. The molecule has 1 rings (SSSR count). The summed E-state index contributed by atoms with van der Waals surface area (Å²) in [4.78, 5) is 15.3. The van der Waals surface area contributed by atoms with Crippen LogP contribution >= 0.6 is 0 Å². The molecule has 0 saturated carbocycles. The van der Waals surface area contributed by atoms with Crippen LogP contribution in [0.3, 0.4) is 0 Å². The molecule has 0 bridgehead atoms. The standard InChI is InChI=1S/C10H15N3O2/c1-7(2-4-11)13-10(15)8-3-5-12-6-9(8)14/h3,5-7,14H,2,4,11H2,1H3,(H,13,15). The maximum atomic E-state index is 11.6. The van der Waals surface area contributed by atoms with Gasteiger partial charge in [-0.15, -0.1) is 0 Å². The minimum Gasteiger partial charge on any atom is -0.505 e. The maximum Gasteiger partial charge on any atom is 0.255 e. The Bertz CT molecular complexity index is 341. The van der Waals surface area contributed by atoms with E-state index in [-0.39, 0.29) is 23.3 Å². The highest BCUT2D eigenvalue weighted by Crippen LogP contribution is 2.13. The number of nitrogens with one attached hydrogen (secondary N) is 1. The van der Waals surface area contributed by atoms with E-state index in [1.807, 2.05) is 6.92 Å². The van der Waals surface area contributed by atoms with Crippen molar-refractivity contribution in [3.05, 3.63) is 24.0 Å². The summed E-state index contributed by atoms with van der Waals surface area (Å²) in [6.07, 6.45) is 3.41. The quantitative estimate of drug-likeness (QED) is 0.663. The van der Waals surface area contributed by atoms with Crippen LogP contribution in [0.15, 0.2) is 18.5 Å². The van der Waals surface area contributed by atoms with Crippen LogP contribution in [0.1, 0.15) is 23.7 Å². The Labute approximate surface area is 88.3 Å². The number of nitrogens with two attached hydrogens (primary N) is 1. The molecule has 5 heteroatoms. The van der Waals surface area contributed by atoms with E-state index in [1.165, 1.54) is 18.5 Å². The molecule has 15 heavy (non-hydrogen) atoms. The zero-order valence-electron chi connectivity index (χ0n) is 8.60. The van der Waals surface area contributed by atoms with Crippen LogP contribution in [0.2, 0.25) is 0 Å². The molecule has 0 radical (unpaired) electrons. The van der Waals surface area contributed by atoms with Crippen molar-refractivity contribution in [2.24, 2.45) is 5.73 Å². The van der Waals surface area contributed by atoms with Crippen molar-refractivity contribution in [3.63, 3.8) is 0 Å². The zero-order chi connectivity index (χ0) is 11.3. The third-order valence-electron chi connectivity index (χ3n) is 2.02. The van der Waals surface area contributed by atoms with E-state index >= 15 is 0 Å². The largest absolute Gasteiger partial charge is 0.505 e. The van der Waals surface area contributed by atoms with Gasteiger partial charge in [-0.05, 0) is 26.0 Å². The van der Waals surface area contributed by atoms with Gasteiger partial charge in [0.2, 0.25) is 0 Å². The topological polar surface area (TPSA) is 88.2 Å². The first kappa shape index (κ1) is 11.5. The van der Waals surface area contributed by atoms with Crippen LogP contribution < -0.4 is 11.1 Å². The molecule has 5 nitrogen and oxygen atoms in total. The zero-order valence-corrected chi connectivity index (χ0v) is 8.60. The van der Waals surface area contributed by atoms with Crippen molar-refractivity contribution < 1.29 is 9.90 Å². The molecule has 0 aliphatic heterocycles. The van der Waals surface area contributed by atoms with Gasteiger partial charge in [-0.1, -0.05) is 0 Å². The number of hydrogen-bond acceptors (Lipinski definition) is 4. The second-order valence-corrected chi connectivity index (χ2v) is 3.34. The van der Waals surface area contributed by atoms with Gasteiger partial charge in [-0.2, -0.15) is 0 Å². The van der Waals surface area contributed by atoms with Crippen LogP contribution in [0.25, 0.3) is 0 Å². The molecule has 0 aliphatic rings. The number of aromatic nitrogens is 1. The summed E-state index contributed by atoms with van der Waals surface area (Å²) in [6.45, 7) is 2.38. The maximum absolute atomic E-state index is 11.6. The molecular formula is C10H15N3O2. The van der Waals surface area contributed by atoms with Crippen molar-refractivity contribution >= 4 is 5.91 Å². The van der Waals surface area contributed by atoms with Gasteiger partial charge in [0, 0.05) is 12.2 Å². The summed E-state index contributed by atoms with van der Waals surface area (Å²) >= 11 is 0. The first-order valence-corrected chi connectivity index (χ1v) is 4.79. The third-order valence-corrected chi connectivity index (χ3v) is 2.02. The van der Waals surface area contributed by atoms with Gasteiger partial charge < -0.3 is 16.2 Å². The summed E-state index contributed by atoms with van der Waals surface area (Å²) < 4.78 is 0. The Balaban J connectivity index is 2.65. The minimum atomic E-state index is -0.309. The monoisotopic (exact) mass is 209 g/mol. The highest BCUT2D eigenvalue weighted by atomic mass is 16.3. The molecule has 0 aliphatic carbocycles. The summed E-state index contributed by atoms with van der Waals surface area (Å²) in [5.41, 5.74) is 5.59. The van der Waals surface area contributed by atoms with Crippen LogP contribution in [0, 0.1) is 0 Å². The number of amides is 1. The average molecular weight is 209 g/mol. The average Bonchev–Trinajstić information content (AvgIpc) is 2.18. The van der Waals surface area contributed by atoms with E-state index in [0.717, 1.165) is 0 Å². The number of aromatic hydroxyl groups is 1. The SMILES string of the molecule is CC(CCN)NC(=O)c1ccncc1O. The second-order valence-electron chi connectivity index (χ2n) is 3.34. The molecule has 4 N–H and O–H groups in total. The molecular weight excluding hydrogens is 194 g/mol. The molecule has 82 valence electrons. The van der Waals surface area contributed by atoms with Gasteiger partial charge in [-0.3, -0.25) is 9.78 Å². The van der Waals surface area contributed by atoms with Gasteiger partial charge in [0.05, 0.1) is 11.8 Å². The van der Waals surface area contributed by atoms with E-state index in [2.05, 4.69) is 10.3 Å². The van der Waals surface area contributed by atoms with Gasteiger partial charge in [0.25, 0.3) is 5.91 Å². The van der Waals surface area contributed by atoms with Crippen LogP contribution in [-0.2, 0) is 0 Å². The molecule has 0 fully saturated rings. The second kappa shape index (κ2) is 5.31. The number of carbonyl (C=O) groups is 1. The molecule has 0 aromatic carbocycles. The lowest BCUT2D eigenvalue weighted by atomic mass is 10.2. The molecule has 1 aromatic rings. The van der Waals surface area contributed by atoms with Gasteiger partial charge >= 0.3 is 0 Å². The Morgan fingerprint density at radius 2 is 2.47 bits per heavy atom. The number of rotatable bonds is 4. The molecule has 0 saturated heterocycles. The van der Waals surface area contributed by atoms with E-state index in [1.54, 1.807) is 0 Å². The van der Waals surface area contributed by atoms with Crippen molar-refractivity contribution in [3.8, 4) is 5.75 Å². The van der Waals surface area contributed by atoms with E-state index in [9.17, 15) is 9.90 Å². The smallest absolute Gasteiger partial charge is 0.255 e. The number of nitrogens with zero attached hydrogens (tertiary/aromatic N) is 1. The number of pyridine rings is 1. The Kier molecular flexibility index (Phi) is 4.05. The molecule has 0 spiro atoms.